The summed E-state index contributed by atoms with van der Waals surface area (Å²) in [5, 5.41) is 11.4. The Morgan fingerprint density at radius 3 is 2.50 bits per heavy atom. The quantitative estimate of drug-likeness (QED) is 0.616. The van der Waals surface area contributed by atoms with Gasteiger partial charge in [0.2, 0.25) is 5.88 Å². The summed E-state index contributed by atoms with van der Waals surface area (Å²) in [6, 6.07) is 13.8. The van der Waals surface area contributed by atoms with Crippen LogP contribution in [0.4, 0.5) is 10.1 Å². The maximum atomic E-state index is 13.1. The zero-order valence-electron chi connectivity index (χ0n) is 18.0. The maximum Gasteiger partial charge on any atom is 0.310 e. The molecule has 7 heteroatoms. The molecular weight excluding hydrogens is 425 g/mol. The van der Waals surface area contributed by atoms with E-state index in [1.165, 1.54) is 38.9 Å². The van der Waals surface area contributed by atoms with E-state index in [0.717, 1.165) is 68.8 Å². The van der Waals surface area contributed by atoms with Gasteiger partial charge in [-0.25, -0.2) is 4.39 Å². The maximum absolute atomic E-state index is 13.1. The minimum Gasteiger partial charge on any atom is -0.494 e. The average molecular weight is 454 g/mol. The summed E-state index contributed by atoms with van der Waals surface area (Å²) in [6.45, 7) is 4.61. The van der Waals surface area contributed by atoms with Crippen molar-refractivity contribution in [3.8, 4) is 5.88 Å². The normalized spacial score (nSPS) is 17.1. The molecule has 32 heavy (non-hydrogen) atoms. The van der Waals surface area contributed by atoms with Gasteiger partial charge < -0.3 is 14.9 Å². The number of aromatic nitrogens is 1. The molecule has 1 N–H and O–H groups in total. The second-order valence-electron chi connectivity index (χ2n) is 8.80. The molecule has 1 fully saturated rings. The number of aromatic hydroxyl groups is 1. The van der Waals surface area contributed by atoms with E-state index in [2.05, 4.69) is 28.0 Å². The molecule has 5 nitrogen and oxygen atoms in total. The number of benzene rings is 2. The molecule has 3 heterocycles. The summed E-state index contributed by atoms with van der Waals surface area (Å²) in [7, 11) is 0. The number of likely N-dealkylation sites (tertiary alicyclic amines) is 1. The van der Waals surface area contributed by atoms with Crippen molar-refractivity contribution in [2.75, 3.05) is 31.1 Å². The van der Waals surface area contributed by atoms with Crippen molar-refractivity contribution < 1.29 is 9.50 Å². The SMILES string of the molecule is O=c1scc(O)n1Cc1ccc2c(c1)N(C1CCN(CCc3ccc(F)cc3)CC1)CC2. The van der Waals surface area contributed by atoms with Gasteiger partial charge in [-0.1, -0.05) is 35.6 Å². The number of nitrogens with zero attached hydrogens (tertiary/aromatic N) is 3. The van der Waals surface area contributed by atoms with Crippen molar-refractivity contribution in [1.29, 1.82) is 0 Å². The lowest BCUT2D eigenvalue weighted by Crippen LogP contribution is -2.45. The number of fused-ring (bicyclic) bond motifs is 1. The Hall–Kier alpha value is -2.64. The van der Waals surface area contributed by atoms with Gasteiger partial charge in [0.15, 0.2) is 0 Å². The number of hydrogen-bond donors (Lipinski definition) is 1. The molecule has 0 spiro atoms. The van der Waals surface area contributed by atoms with Crippen LogP contribution in [0.25, 0.3) is 0 Å². The van der Waals surface area contributed by atoms with Gasteiger partial charge in [0, 0.05) is 37.9 Å². The second-order valence-corrected chi connectivity index (χ2v) is 9.62. The standard InChI is InChI=1S/C25H28FN3O2S/c26-21-5-2-18(3-6-21)7-11-27-12-9-22(10-13-27)28-14-8-20-4-1-19(15-23(20)28)16-29-24(30)17-32-25(29)31/h1-6,15,17,22,30H,7-14,16H2. The first-order valence-electron chi connectivity index (χ1n) is 11.3. The molecule has 168 valence electrons. The lowest BCUT2D eigenvalue weighted by atomic mass is 10.0. The summed E-state index contributed by atoms with van der Waals surface area (Å²) in [6.07, 6.45) is 4.29. The van der Waals surface area contributed by atoms with Gasteiger partial charge in [-0.15, -0.1) is 0 Å². The van der Waals surface area contributed by atoms with Crippen LogP contribution in [0.2, 0.25) is 0 Å². The number of anilines is 1. The van der Waals surface area contributed by atoms with Crippen LogP contribution in [0.5, 0.6) is 5.88 Å². The molecule has 1 aromatic heterocycles. The van der Waals surface area contributed by atoms with Crippen LogP contribution in [-0.4, -0.2) is 46.8 Å². The fourth-order valence-corrected chi connectivity index (χ4v) is 5.59. The Balaban J connectivity index is 1.20. The zero-order valence-corrected chi connectivity index (χ0v) is 18.9. The number of rotatable bonds is 6. The molecule has 2 aromatic carbocycles. The van der Waals surface area contributed by atoms with E-state index in [1.807, 2.05) is 12.1 Å². The molecular formula is C25H28FN3O2S. The van der Waals surface area contributed by atoms with Crippen LogP contribution in [-0.2, 0) is 19.4 Å². The van der Waals surface area contributed by atoms with Gasteiger partial charge >= 0.3 is 4.87 Å². The monoisotopic (exact) mass is 453 g/mol. The summed E-state index contributed by atoms with van der Waals surface area (Å²) < 4.78 is 14.5. The smallest absolute Gasteiger partial charge is 0.310 e. The largest absolute Gasteiger partial charge is 0.494 e. The van der Waals surface area contributed by atoms with Crippen LogP contribution in [0.15, 0.2) is 52.6 Å². The highest BCUT2D eigenvalue weighted by Gasteiger charge is 2.29. The third-order valence-corrected chi connectivity index (χ3v) is 7.56. The first-order chi connectivity index (χ1) is 15.6. The van der Waals surface area contributed by atoms with E-state index in [-0.39, 0.29) is 16.6 Å². The van der Waals surface area contributed by atoms with Crippen molar-refractivity contribution in [2.45, 2.75) is 38.3 Å². The molecule has 0 bridgehead atoms. The Kier molecular flexibility index (Phi) is 6.02. The van der Waals surface area contributed by atoms with Crippen LogP contribution in [0.1, 0.15) is 29.5 Å². The minimum atomic E-state index is -0.178. The average Bonchev–Trinajstić information content (AvgIpc) is 3.37. The Morgan fingerprint density at radius 2 is 1.78 bits per heavy atom. The molecule has 0 atom stereocenters. The minimum absolute atomic E-state index is 0.0327. The van der Waals surface area contributed by atoms with E-state index in [1.54, 1.807) is 0 Å². The van der Waals surface area contributed by atoms with Gasteiger partial charge in [0.05, 0.1) is 11.9 Å². The van der Waals surface area contributed by atoms with E-state index in [9.17, 15) is 14.3 Å². The Bertz CT molecular complexity index is 1130. The Morgan fingerprint density at radius 1 is 1.03 bits per heavy atom. The highest BCUT2D eigenvalue weighted by molar-refractivity contribution is 7.07. The summed E-state index contributed by atoms with van der Waals surface area (Å²) in [4.78, 5) is 16.9. The summed E-state index contributed by atoms with van der Waals surface area (Å²) >= 11 is 1.03. The van der Waals surface area contributed by atoms with Gasteiger partial charge in [-0.05, 0) is 60.6 Å². The molecule has 3 aromatic rings. The van der Waals surface area contributed by atoms with E-state index in [0.29, 0.717) is 12.6 Å². The van der Waals surface area contributed by atoms with Crippen LogP contribution < -0.4 is 9.77 Å². The van der Waals surface area contributed by atoms with Crippen molar-refractivity contribution in [1.82, 2.24) is 9.47 Å². The number of halogens is 1. The highest BCUT2D eigenvalue weighted by atomic mass is 32.1. The summed E-state index contributed by atoms with van der Waals surface area (Å²) in [5.74, 6) is -0.145. The first-order valence-corrected chi connectivity index (χ1v) is 12.2. The van der Waals surface area contributed by atoms with Gasteiger partial charge in [0.25, 0.3) is 0 Å². The molecule has 0 saturated carbocycles. The molecule has 2 aliphatic rings. The van der Waals surface area contributed by atoms with Crippen LogP contribution in [0.3, 0.4) is 0 Å². The third-order valence-electron chi connectivity index (χ3n) is 6.81. The molecule has 0 amide bonds. The fourth-order valence-electron chi connectivity index (χ4n) is 4.97. The molecule has 1 saturated heterocycles. The zero-order chi connectivity index (χ0) is 22.1. The Labute approximate surface area is 191 Å². The van der Waals surface area contributed by atoms with Crippen molar-refractivity contribution in [3.63, 3.8) is 0 Å². The summed E-state index contributed by atoms with van der Waals surface area (Å²) in [5.41, 5.74) is 4.89. The number of hydrogen-bond acceptors (Lipinski definition) is 5. The van der Waals surface area contributed by atoms with Gasteiger partial charge in [0.1, 0.15) is 5.82 Å². The highest BCUT2D eigenvalue weighted by Crippen LogP contribution is 2.34. The number of thiazole rings is 1. The molecule has 0 aliphatic carbocycles. The molecule has 5 rings (SSSR count). The molecule has 2 aliphatic heterocycles. The van der Waals surface area contributed by atoms with Gasteiger partial charge in [-0.3, -0.25) is 9.36 Å². The van der Waals surface area contributed by atoms with Crippen LogP contribution in [0, 0.1) is 5.82 Å². The van der Waals surface area contributed by atoms with Gasteiger partial charge in [-0.2, -0.15) is 0 Å². The predicted molar refractivity (Wildman–Crippen MR) is 126 cm³/mol. The van der Waals surface area contributed by atoms with E-state index in [4.69, 9.17) is 0 Å². The van der Waals surface area contributed by atoms with Crippen molar-refractivity contribution in [2.24, 2.45) is 0 Å². The lowest BCUT2D eigenvalue weighted by Gasteiger charge is -2.38. The van der Waals surface area contributed by atoms with Crippen LogP contribution >= 0.6 is 11.3 Å². The third kappa shape index (κ3) is 4.45. The molecule has 0 radical (unpaired) electrons. The fraction of sp³-hybridized carbons (Fsp3) is 0.400. The second kappa shape index (κ2) is 9.08. The lowest BCUT2D eigenvalue weighted by molar-refractivity contribution is 0.212. The number of piperidine rings is 1. The first kappa shape index (κ1) is 21.2. The van der Waals surface area contributed by atoms with Crippen molar-refractivity contribution in [3.05, 3.63) is 80.0 Å². The topological polar surface area (TPSA) is 48.7 Å². The van der Waals surface area contributed by atoms with E-state index >= 15 is 0 Å². The van der Waals surface area contributed by atoms with Crippen molar-refractivity contribution >= 4 is 17.0 Å². The predicted octanol–water partition coefficient (Wildman–Crippen LogP) is 3.87. The molecule has 0 unspecified atom stereocenters. The van der Waals surface area contributed by atoms with E-state index < -0.39 is 0 Å².